The van der Waals surface area contributed by atoms with E-state index in [4.69, 9.17) is 4.42 Å². The lowest BCUT2D eigenvalue weighted by Gasteiger charge is -2.08. The van der Waals surface area contributed by atoms with Gasteiger partial charge in [-0.15, -0.1) is 21.5 Å². The third kappa shape index (κ3) is 4.41. The summed E-state index contributed by atoms with van der Waals surface area (Å²) < 4.78 is 30.4. The Bertz CT molecular complexity index is 1290. The predicted molar refractivity (Wildman–Crippen MR) is 119 cm³/mol. The van der Waals surface area contributed by atoms with Gasteiger partial charge in [0.2, 0.25) is 0 Å². The molecule has 0 aliphatic heterocycles. The molecule has 0 atom stereocenters. The molecule has 0 spiro atoms. The standard InChI is InChI=1S/C21H21N5O3S2/c1-13(2)31(27,28)16-7-4-14(5-8-16)17-11-23-12-18(24-17)20-25-26-21(29-20)19-9-6-15(30-19)10-22-3/h4-9,11-13,22H,10H2,1-3H3. The van der Waals surface area contributed by atoms with Crippen LogP contribution in [0.5, 0.6) is 0 Å². The summed E-state index contributed by atoms with van der Waals surface area (Å²) in [6, 6.07) is 10.6. The van der Waals surface area contributed by atoms with Crippen LogP contribution in [0.25, 0.3) is 33.6 Å². The minimum atomic E-state index is -3.32. The molecule has 8 nitrogen and oxygen atoms in total. The summed E-state index contributed by atoms with van der Waals surface area (Å²) >= 11 is 1.58. The van der Waals surface area contributed by atoms with Gasteiger partial charge in [-0.05, 0) is 45.2 Å². The summed E-state index contributed by atoms with van der Waals surface area (Å²) in [6.45, 7) is 4.10. The van der Waals surface area contributed by atoms with Crippen molar-refractivity contribution in [2.45, 2.75) is 30.5 Å². The van der Waals surface area contributed by atoms with E-state index in [-0.39, 0.29) is 10.8 Å². The SMILES string of the molecule is CNCc1ccc(-c2nnc(-c3cncc(-c4ccc(S(=O)(=O)C(C)C)cc4)n3)o2)s1. The first kappa shape index (κ1) is 21.3. The lowest BCUT2D eigenvalue weighted by Crippen LogP contribution is -2.13. The molecule has 3 aromatic heterocycles. The van der Waals surface area contributed by atoms with Crippen molar-refractivity contribution in [1.29, 1.82) is 0 Å². The van der Waals surface area contributed by atoms with Gasteiger partial charge in [-0.2, -0.15) is 0 Å². The molecule has 160 valence electrons. The maximum absolute atomic E-state index is 12.3. The van der Waals surface area contributed by atoms with Crippen LogP contribution in [0.3, 0.4) is 0 Å². The number of hydrogen-bond acceptors (Lipinski definition) is 9. The summed E-state index contributed by atoms with van der Waals surface area (Å²) in [6.07, 6.45) is 3.16. The fourth-order valence-electron chi connectivity index (χ4n) is 2.88. The van der Waals surface area contributed by atoms with E-state index in [1.165, 1.54) is 4.88 Å². The number of sulfone groups is 1. The zero-order chi connectivity index (χ0) is 22.0. The Morgan fingerprint density at radius 1 is 1.00 bits per heavy atom. The molecule has 0 radical (unpaired) electrons. The quantitative estimate of drug-likeness (QED) is 0.448. The number of thiophene rings is 1. The van der Waals surface area contributed by atoms with Gasteiger partial charge >= 0.3 is 0 Å². The zero-order valence-electron chi connectivity index (χ0n) is 17.2. The van der Waals surface area contributed by atoms with E-state index in [0.29, 0.717) is 17.3 Å². The summed E-state index contributed by atoms with van der Waals surface area (Å²) in [5, 5.41) is 10.9. The summed E-state index contributed by atoms with van der Waals surface area (Å²) in [5.41, 5.74) is 1.77. The molecule has 0 bridgehead atoms. The molecule has 1 aromatic carbocycles. The van der Waals surface area contributed by atoms with Crippen molar-refractivity contribution in [3.05, 3.63) is 53.7 Å². The fraction of sp³-hybridized carbons (Fsp3) is 0.238. The van der Waals surface area contributed by atoms with Crippen molar-refractivity contribution in [3.8, 4) is 33.6 Å². The molecule has 0 amide bonds. The van der Waals surface area contributed by atoms with Gasteiger partial charge in [-0.25, -0.2) is 13.4 Å². The van der Waals surface area contributed by atoms with Crippen molar-refractivity contribution in [1.82, 2.24) is 25.5 Å². The largest absolute Gasteiger partial charge is 0.414 e. The van der Waals surface area contributed by atoms with Crippen molar-refractivity contribution in [3.63, 3.8) is 0 Å². The normalized spacial score (nSPS) is 11.9. The molecule has 0 saturated heterocycles. The van der Waals surface area contributed by atoms with Crippen LogP contribution in [-0.2, 0) is 16.4 Å². The molecule has 0 fully saturated rings. The van der Waals surface area contributed by atoms with Gasteiger partial charge in [0.15, 0.2) is 9.84 Å². The highest BCUT2D eigenvalue weighted by molar-refractivity contribution is 7.92. The average molecular weight is 456 g/mol. The van der Waals surface area contributed by atoms with E-state index in [2.05, 4.69) is 25.5 Å². The van der Waals surface area contributed by atoms with E-state index in [1.54, 1.807) is 61.8 Å². The Morgan fingerprint density at radius 3 is 2.42 bits per heavy atom. The molecule has 0 unspecified atom stereocenters. The summed E-state index contributed by atoms with van der Waals surface area (Å²) in [5.74, 6) is 0.699. The maximum atomic E-state index is 12.3. The summed E-state index contributed by atoms with van der Waals surface area (Å²) in [4.78, 5) is 11.1. The van der Waals surface area contributed by atoms with Gasteiger partial charge in [0.25, 0.3) is 11.8 Å². The highest BCUT2D eigenvalue weighted by Gasteiger charge is 2.19. The highest BCUT2D eigenvalue weighted by atomic mass is 32.2. The first-order valence-electron chi connectivity index (χ1n) is 9.62. The van der Waals surface area contributed by atoms with E-state index in [0.717, 1.165) is 17.0 Å². The van der Waals surface area contributed by atoms with Crippen LogP contribution in [0, 0.1) is 0 Å². The molecule has 0 saturated carbocycles. The second-order valence-electron chi connectivity index (χ2n) is 7.12. The van der Waals surface area contributed by atoms with Crippen LogP contribution < -0.4 is 5.32 Å². The second-order valence-corrected chi connectivity index (χ2v) is 10.8. The molecule has 4 aromatic rings. The molecule has 10 heteroatoms. The van der Waals surface area contributed by atoms with Crippen LogP contribution in [0.1, 0.15) is 18.7 Å². The van der Waals surface area contributed by atoms with Crippen molar-refractivity contribution >= 4 is 21.2 Å². The average Bonchev–Trinajstić information content (AvgIpc) is 3.44. The van der Waals surface area contributed by atoms with Crippen molar-refractivity contribution in [2.24, 2.45) is 0 Å². The molecule has 4 rings (SSSR count). The minimum absolute atomic E-state index is 0.270. The zero-order valence-corrected chi connectivity index (χ0v) is 18.9. The van der Waals surface area contributed by atoms with Crippen molar-refractivity contribution < 1.29 is 12.8 Å². The second kappa shape index (κ2) is 8.66. The number of hydrogen-bond donors (Lipinski definition) is 1. The van der Waals surface area contributed by atoms with Crippen LogP contribution in [-0.4, -0.2) is 40.9 Å². The number of rotatable bonds is 7. The number of benzene rings is 1. The van der Waals surface area contributed by atoms with Gasteiger partial charge in [0.1, 0.15) is 5.69 Å². The van der Waals surface area contributed by atoms with E-state index < -0.39 is 15.1 Å². The smallest absolute Gasteiger partial charge is 0.268 e. The third-order valence-electron chi connectivity index (χ3n) is 4.60. The van der Waals surface area contributed by atoms with Crippen LogP contribution >= 0.6 is 11.3 Å². The molecule has 0 aliphatic rings. The van der Waals surface area contributed by atoms with Crippen LogP contribution in [0.15, 0.2) is 58.1 Å². The third-order valence-corrected chi connectivity index (χ3v) is 7.84. The van der Waals surface area contributed by atoms with E-state index in [1.807, 2.05) is 19.2 Å². The van der Waals surface area contributed by atoms with Gasteiger partial charge < -0.3 is 9.73 Å². The Morgan fingerprint density at radius 2 is 1.71 bits per heavy atom. The topological polar surface area (TPSA) is 111 Å². The fourth-order valence-corrected chi connectivity index (χ4v) is 4.88. The van der Waals surface area contributed by atoms with Gasteiger partial charge in [-0.3, -0.25) is 4.98 Å². The highest BCUT2D eigenvalue weighted by Crippen LogP contribution is 2.29. The van der Waals surface area contributed by atoms with Crippen LogP contribution in [0.4, 0.5) is 0 Å². The van der Waals surface area contributed by atoms with E-state index in [9.17, 15) is 8.42 Å². The van der Waals surface area contributed by atoms with Gasteiger partial charge in [0.05, 0.1) is 33.1 Å². The molecule has 0 aliphatic carbocycles. The molecule has 31 heavy (non-hydrogen) atoms. The Kier molecular flexibility index (Phi) is 5.94. The number of nitrogens with one attached hydrogen (secondary N) is 1. The monoisotopic (exact) mass is 455 g/mol. The Hall–Kier alpha value is -2.95. The first-order valence-corrected chi connectivity index (χ1v) is 12.0. The minimum Gasteiger partial charge on any atom is -0.414 e. The van der Waals surface area contributed by atoms with Gasteiger partial charge in [0, 0.05) is 17.0 Å². The van der Waals surface area contributed by atoms with Crippen LogP contribution in [0.2, 0.25) is 0 Å². The molecular weight excluding hydrogens is 434 g/mol. The van der Waals surface area contributed by atoms with Gasteiger partial charge in [-0.1, -0.05) is 12.1 Å². The number of nitrogens with zero attached hydrogens (tertiary/aromatic N) is 4. The Balaban J connectivity index is 1.60. The molecule has 3 heterocycles. The lowest BCUT2D eigenvalue weighted by atomic mass is 10.1. The molecular formula is C21H21N5O3S2. The van der Waals surface area contributed by atoms with Crippen molar-refractivity contribution in [2.75, 3.05) is 7.05 Å². The Labute approximate surface area is 184 Å². The maximum Gasteiger partial charge on any atom is 0.268 e. The number of aromatic nitrogens is 4. The first-order chi connectivity index (χ1) is 14.9. The lowest BCUT2D eigenvalue weighted by molar-refractivity contribution is 0.583. The molecule has 1 N–H and O–H groups in total. The summed E-state index contributed by atoms with van der Waals surface area (Å²) in [7, 11) is -1.43. The predicted octanol–water partition coefficient (Wildman–Crippen LogP) is 3.82. The van der Waals surface area contributed by atoms with E-state index >= 15 is 0 Å².